The number of halogens is 2. The number of methoxy groups -OCH3 is 1. The summed E-state index contributed by atoms with van der Waals surface area (Å²) in [4.78, 5) is 25.7. The van der Waals surface area contributed by atoms with Crippen molar-refractivity contribution in [3.8, 4) is 16.9 Å². The number of aliphatic carboxylic acids is 1. The summed E-state index contributed by atoms with van der Waals surface area (Å²) < 4.78 is 11.1. The maximum Gasteiger partial charge on any atom is 0.410 e. The molecule has 3 rings (SSSR count). The van der Waals surface area contributed by atoms with Crippen molar-refractivity contribution in [1.82, 2.24) is 4.90 Å². The number of carboxylic acid groups (broad SMARTS) is 1. The highest BCUT2D eigenvalue weighted by atomic mass is 35.5. The number of benzene rings is 3. The normalized spacial score (nSPS) is 10.7. The standard InChI is InChI=1S/C27H27Cl2NO5/c1-4-30(27(33)35-16-19-10-21(28)14-22(29)11-19)15-20-9-17(2)5-7-23(20)24-12-18(13-26(31)32)6-8-25(24)34-3/h5-12,14H,4,13,15-16H2,1-3H3,(H,31,32). The summed E-state index contributed by atoms with van der Waals surface area (Å²) in [6.07, 6.45) is -0.568. The van der Waals surface area contributed by atoms with Crippen LogP contribution >= 0.6 is 23.2 Å². The molecule has 0 fully saturated rings. The van der Waals surface area contributed by atoms with Gasteiger partial charge in [0.1, 0.15) is 12.4 Å². The van der Waals surface area contributed by atoms with Crippen LogP contribution in [0.2, 0.25) is 10.0 Å². The predicted octanol–water partition coefficient (Wildman–Crippen LogP) is 6.76. The zero-order valence-electron chi connectivity index (χ0n) is 19.8. The Labute approximate surface area is 215 Å². The molecule has 3 aromatic carbocycles. The lowest BCUT2D eigenvalue weighted by atomic mass is 9.94. The molecule has 0 unspecified atom stereocenters. The third-order valence-corrected chi connectivity index (χ3v) is 5.89. The van der Waals surface area contributed by atoms with E-state index in [1.165, 1.54) is 0 Å². The molecule has 184 valence electrons. The summed E-state index contributed by atoms with van der Waals surface area (Å²) in [6, 6.07) is 16.3. The van der Waals surface area contributed by atoms with E-state index >= 15 is 0 Å². The molecule has 0 spiro atoms. The van der Waals surface area contributed by atoms with E-state index in [-0.39, 0.29) is 13.0 Å². The molecule has 0 saturated heterocycles. The molecule has 0 radical (unpaired) electrons. The number of carboxylic acids is 1. The van der Waals surface area contributed by atoms with Crippen molar-refractivity contribution in [1.29, 1.82) is 0 Å². The number of hydrogen-bond acceptors (Lipinski definition) is 4. The van der Waals surface area contributed by atoms with Crippen molar-refractivity contribution in [3.05, 3.63) is 86.9 Å². The van der Waals surface area contributed by atoms with Gasteiger partial charge in [0, 0.05) is 28.7 Å². The van der Waals surface area contributed by atoms with Crippen molar-refractivity contribution < 1.29 is 24.2 Å². The molecular weight excluding hydrogens is 489 g/mol. The van der Waals surface area contributed by atoms with Gasteiger partial charge < -0.3 is 19.5 Å². The molecule has 1 N–H and O–H groups in total. The van der Waals surface area contributed by atoms with E-state index in [2.05, 4.69) is 0 Å². The van der Waals surface area contributed by atoms with E-state index in [9.17, 15) is 14.7 Å². The van der Waals surface area contributed by atoms with Gasteiger partial charge in [-0.1, -0.05) is 53.0 Å². The Kier molecular flexibility index (Phi) is 9.01. The second-order valence-corrected chi connectivity index (χ2v) is 8.99. The minimum absolute atomic E-state index is 0.0430. The first kappa shape index (κ1) is 26.4. The fourth-order valence-corrected chi connectivity index (χ4v) is 4.38. The summed E-state index contributed by atoms with van der Waals surface area (Å²) in [5.74, 6) is -0.293. The zero-order chi connectivity index (χ0) is 25.5. The summed E-state index contributed by atoms with van der Waals surface area (Å²) in [5, 5.41) is 10.2. The Hall–Kier alpha value is -3.22. The second kappa shape index (κ2) is 12.0. The summed E-state index contributed by atoms with van der Waals surface area (Å²) in [6.45, 7) is 4.62. The molecule has 0 aliphatic heterocycles. The van der Waals surface area contributed by atoms with Gasteiger partial charge in [-0.2, -0.15) is 0 Å². The van der Waals surface area contributed by atoms with Crippen LogP contribution in [0.15, 0.2) is 54.6 Å². The van der Waals surface area contributed by atoms with Crippen molar-refractivity contribution in [2.45, 2.75) is 33.4 Å². The topological polar surface area (TPSA) is 76.1 Å². The summed E-state index contributed by atoms with van der Waals surface area (Å²) >= 11 is 12.1. The van der Waals surface area contributed by atoms with E-state index in [0.29, 0.717) is 40.0 Å². The molecule has 0 aliphatic rings. The Morgan fingerprint density at radius 3 is 2.29 bits per heavy atom. The molecular formula is C27H27Cl2NO5. The molecule has 1 amide bonds. The smallest absolute Gasteiger partial charge is 0.410 e. The third kappa shape index (κ3) is 7.13. The predicted molar refractivity (Wildman–Crippen MR) is 137 cm³/mol. The van der Waals surface area contributed by atoms with Crippen LogP contribution in [-0.4, -0.2) is 35.7 Å². The molecule has 0 aromatic heterocycles. The molecule has 0 atom stereocenters. The van der Waals surface area contributed by atoms with Crippen molar-refractivity contribution in [2.24, 2.45) is 0 Å². The van der Waals surface area contributed by atoms with Crippen LogP contribution in [0.3, 0.4) is 0 Å². The Balaban J connectivity index is 1.87. The number of rotatable bonds is 9. The van der Waals surface area contributed by atoms with Crippen LogP contribution in [0, 0.1) is 6.92 Å². The van der Waals surface area contributed by atoms with Gasteiger partial charge in [-0.05, 0) is 66.4 Å². The third-order valence-electron chi connectivity index (χ3n) is 5.46. The molecule has 6 nitrogen and oxygen atoms in total. The van der Waals surface area contributed by atoms with Gasteiger partial charge in [-0.25, -0.2) is 4.79 Å². The van der Waals surface area contributed by atoms with Gasteiger partial charge >= 0.3 is 12.1 Å². The molecule has 0 heterocycles. The highest BCUT2D eigenvalue weighted by Gasteiger charge is 2.19. The van der Waals surface area contributed by atoms with Crippen LogP contribution in [0.5, 0.6) is 5.75 Å². The molecule has 0 saturated carbocycles. The first-order valence-corrected chi connectivity index (χ1v) is 11.8. The summed E-state index contributed by atoms with van der Waals surface area (Å²) in [5.41, 5.74) is 4.89. The fraction of sp³-hybridized carbons (Fsp3) is 0.259. The lowest BCUT2D eigenvalue weighted by Crippen LogP contribution is -2.31. The molecule has 3 aromatic rings. The number of aryl methyl sites for hydroxylation is 1. The quantitative estimate of drug-likeness (QED) is 0.340. The maximum atomic E-state index is 12.9. The SMILES string of the molecule is CCN(Cc1cc(C)ccc1-c1cc(CC(=O)O)ccc1OC)C(=O)OCc1cc(Cl)cc(Cl)c1. The highest BCUT2D eigenvalue weighted by Crippen LogP contribution is 2.35. The molecule has 8 heteroatoms. The highest BCUT2D eigenvalue weighted by molar-refractivity contribution is 6.34. The average Bonchev–Trinajstić information content (AvgIpc) is 2.80. The van der Waals surface area contributed by atoms with E-state index in [4.69, 9.17) is 32.7 Å². The molecule has 0 aliphatic carbocycles. The maximum absolute atomic E-state index is 12.9. The van der Waals surface area contributed by atoms with Crippen molar-refractivity contribution in [2.75, 3.05) is 13.7 Å². The number of amides is 1. The van der Waals surface area contributed by atoms with E-state index in [1.54, 1.807) is 42.3 Å². The van der Waals surface area contributed by atoms with E-state index in [1.807, 2.05) is 38.1 Å². The van der Waals surface area contributed by atoms with E-state index < -0.39 is 12.1 Å². The first-order chi connectivity index (χ1) is 16.7. The van der Waals surface area contributed by atoms with Gasteiger partial charge in [0.25, 0.3) is 0 Å². The number of nitrogens with zero attached hydrogens (tertiary/aromatic N) is 1. The van der Waals surface area contributed by atoms with Gasteiger partial charge in [0.15, 0.2) is 0 Å². The monoisotopic (exact) mass is 515 g/mol. The average molecular weight is 516 g/mol. The number of hydrogen-bond donors (Lipinski definition) is 1. The van der Waals surface area contributed by atoms with Crippen LogP contribution in [0.25, 0.3) is 11.1 Å². The lowest BCUT2D eigenvalue weighted by molar-refractivity contribution is -0.136. The Morgan fingerprint density at radius 1 is 0.943 bits per heavy atom. The van der Waals surface area contributed by atoms with Gasteiger partial charge in [-0.3, -0.25) is 4.79 Å². The van der Waals surface area contributed by atoms with E-state index in [0.717, 1.165) is 22.3 Å². The van der Waals surface area contributed by atoms with Crippen molar-refractivity contribution in [3.63, 3.8) is 0 Å². The van der Waals surface area contributed by atoms with Gasteiger partial charge in [0.05, 0.1) is 13.5 Å². The number of carbonyl (C=O) groups is 2. The van der Waals surface area contributed by atoms with Gasteiger partial charge in [0.2, 0.25) is 0 Å². The lowest BCUT2D eigenvalue weighted by Gasteiger charge is -2.23. The second-order valence-electron chi connectivity index (χ2n) is 8.11. The van der Waals surface area contributed by atoms with Crippen LogP contribution < -0.4 is 4.74 Å². The van der Waals surface area contributed by atoms with Crippen molar-refractivity contribution >= 4 is 35.3 Å². The van der Waals surface area contributed by atoms with Crippen LogP contribution in [-0.2, 0) is 29.1 Å². The van der Waals surface area contributed by atoms with Gasteiger partial charge in [-0.15, -0.1) is 0 Å². The zero-order valence-corrected chi connectivity index (χ0v) is 21.3. The Morgan fingerprint density at radius 2 is 1.66 bits per heavy atom. The minimum atomic E-state index is -0.911. The number of carbonyl (C=O) groups excluding carboxylic acids is 1. The molecule has 0 bridgehead atoms. The number of ether oxygens (including phenoxy) is 2. The first-order valence-electron chi connectivity index (χ1n) is 11.1. The minimum Gasteiger partial charge on any atom is -0.496 e. The van der Waals surface area contributed by atoms with Crippen LogP contribution in [0.4, 0.5) is 4.79 Å². The Bertz CT molecular complexity index is 1210. The largest absolute Gasteiger partial charge is 0.496 e. The fourth-order valence-electron chi connectivity index (χ4n) is 3.81. The van der Waals surface area contributed by atoms with Crippen LogP contribution in [0.1, 0.15) is 29.2 Å². The molecule has 35 heavy (non-hydrogen) atoms. The summed E-state index contributed by atoms with van der Waals surface area (Å²) in [7, 11) is 1.57.